The van der Waals surface area contributed by atoms with Crippen molar-refractivity contribution in [2.75, 3.05) is 5.32 Å². The van der Waals surface area contributed by atoms with Crippen LogP contribution in [0.3, 0.4) is 0 Å². The number of carbonyl (C=O) groups excluding carboxylic acids is 2. The van der Waals surface area contributed by atoms with Gasteiger partial charge in [0.1, 0.15) is 18.2 Å². The Morgan fingerprint density at radius 1 is 1.03 bits per heavy atom. The Morgan fingerprint density at radius 3 is 2.47 bits per heavy atom. The lowest BCUT2D eigenvalue weighted by atomic mass is 10.1. The Labute approximate surface area is 202 Å². The molecule has 0 aliphatic carbocycles. The molecular formula is C27H22ClN3O3. The zero-order valence-electron chi connectivity index (χ0n) is 18.4. The van der Waals surface area contributed by atoms with Crippen molar-refractivity contribution in [1.29, 1.82) is 0 Å². The third-order valence-corrected chi connectivity index (χ3v) is 5.36. The number of amides is 1. The van der Waals surface area contributed by atoms with Crippen molar-refractivity contribution in [3.8, 4) is 5.75 Å². The van der Waals surface area contributed by atoms with Crippen molar-refractivity contribution in [3.63, 3.8) is 0 Å². The fraction of sp³-hybridized carbons (Fsp3) is 0.0741. The van der Waals surface area contributed by atoms with E-state index in [0.717, 1.165) is 11.4 Å². The normalized spacial score (nSPS) is 10.9. The molecule has 1 amide bonds. The number of imidazole rings is 1. The van der Waals surface area contributed by atoms with Crippen molar-refractivity contribution >= 4 is 35.1 Å². The molecule has 6 nitrogen and oxygen atoms in total. The average molecular weight is 472 g/mol. The molecule has 0 atom stereocenters. The number of rotatable bonds is 8. The summed E-state index contributed by atoms with van der Waals surface area (Å²) < 4.78 is 7.61. The number of benzene rings is 3. The van der Waals surface area contributed by atoms with Crippen molar-refractivity contribution in [2.24, 2.45) is 7.05 Å². The number of allylic oxidation sites excluding steroid dienone is 1. The largest absolute Gasteiger partial charge is 0.486 e. The molecule has 0 bridgehead atoms. The smallest absolute Gasteiger partial charge is 0.255 e. The highest BCUT2D eigenvalue weighted by atomic mass is 35.5. The van der Waals surface area contributed by atoms with Gasteiger partial charge < -0.3 is 14.6 Å². The third-order valence-electron chi connectivity index (χ3n) is 5.11. The minimum absolute atomic E-state index is 0.133. The number of anilines is 1. The van der Waals surface area contributed by atoms with Crippen LogP contribution < -0.4 is 10.1 Å². The van der Waals surface area contributed by atoms with Gasteiger partial charge in [-0.2, -0.15) is 0 Å². The number of aromatic nitrogens is 2. The molecule has 0 saturated heterocycles. The van der Waals surface area contributed by atoms with E-state index >= 15 is 0 Å². The van der Waals surface area contributed by atoms with Gasteiger partial charge in [-0.15, -0.1) is 0 Å². The molecule has 0 fully saturated rings. The van der Waals surface area contributed by atoms with Crippen LogP contribution in [0.2, 0.25) is 5.02 Å². The summed E-state index contributed by atoms with van der Waals surface area (Å²) in [6.45, 7) is 0.349. The van der Waals surface area contributed by atoms with Gasteiger partial charge in [-0.05, 0) is 72.3 Å². The highest BCUT2D eigenvalue weighted by Crippen LogP contribution is 2.17. The average Bonchev–Trinajstić information content (AvgIpc) is 3.26. The summed E-state index contributed by atoms with van der Waals surface area (Å²) in [5, 5.41) is 3.42. The third kappa shape index (κ3) is 5.99. The molecule has 0 radical (unpaired) electrons. The maximum Gasteiger partial charge on any atom is 0.255 e. The van der Waals surface area contributed by atoms with Crippen LogP contribution in [-0.4, -0.2) is 21.2 Å². The van der Waals surface area contributed by atoms with Crippen LogP contribution in [0, 0.1) is 0 Å². The topological polar surface area (TPSA) is 73.2 Å². The molecule has 4 rings (SSSR count). The molecule has 1 heterocycles. The molecule has 0 aliphatic rings. The Morgan fingerprint density at radius 2 is 1.76 bits per heavy atom. The molecule has 1 N–H and O–H groups in total. The van der Waals surface area contributed by atoms with E-state index in [9.17, 15) is 9.59 Å². The summed E-state index contributed by atoms with van der Waals surface area (Å²) in [6, 6.07) is 20.9. The second kappa shape index (κ2) is 10.6. The Bertz CT molecular complexity index is 1330. The van der Waals surface area contributed by atoms with E-state index in [2.05, 4.69) is 10.3 Å². The first-order chi connectivity index (χ1) is 16.5. The van der Waals surface area contributed by atoms with Crippen LogP contribution in [-0.2, 0) is 13.7 Å². The molecule has 34 heavy (non-hydrogen) atoms. The molecule has 7 heteroatoms. The maximum atomic E-state index is 12.6. The van der Waals surface area contributed by atoms with Gasteiger partial charge in [0.15, 0.2) is 5.78 Å². The van der Waals surface area contributed by atoms with Crippen molar-refractivity contribution in [3.05, 3.63) is 119 Å². The monoisotopic (exact) mass is 471 g/mol. The highest BCUT2D eigenvalue weighted by molar-refractivity contribution is 6.30. The molecule has 1 aromatic heterocycles. The number of hydrogen-bond donors (Lipinski definition) is 1. The molecule has 3 aromatic carbocycles. The zero-order valence-corrected chi connectivity index (χ0v) is 19.2. The van der Waals surface area contributed by atoms with Crippen molar-refractivity contribution in [2.45, 2.75) is 6.61 Å². The van der Waals surface area contributed by atoms with E-state index in [1.54, 1.807) is 72.9 Å². The lowest BCUT2D eigenvalue weighted by Crippen LogP contribution is -2.11. The predicted octanol–water partition coefficient (Wildman–Crippen LogP) is 5.80. The van der Waals surface area contributed by atoms with Gasteiger partial charge in [-0.1, -0.05) is 29.8 Å². The molecule has 4 aromatic rings. The Hall–Kier alpha value is -4.16. The molecule has 0 spiro atoms. The molecule has 170 valence electrons. The number of aryl methyl sites for hydroxylation is 1. The number of halogens is 1. The number of carbonyl (C=O) groups is 2. The minimum atomic E-state index is -0.237. The first kappa shape index (κ1) is 23.0. The molecular weight excluding hydrogens is 450 g/mol. The van der Waals surface area contributed by atoms with Gasteiger partial charge in [0.05, 0.1) is 0 Å². The molecule has 0 aliphatic heterocycles. The van der Waals surface area contributed by atoms with Gasteiger partial charge in [-0.25, -0.2) is 4.98 Å². The SMILES string of the molecule is Cn1ccnc1COc1ccc(C(=O)C=Cc2cccc(NC(=O)c3ccc(Cl)cc3)c2)cc1. The summed E-state index contributed by atoms with van der Waals surface area (Å²) in [5.74, 6) is 1.10. The Balaban J connectivity index is 1.35. The van der Waals surface area contributed by atoms with E-state index < -0.39 is 0 Å². The van der Waals surface area contributed by atoms with Crippen LogP contribution in [0.15, 0.2) is 91.3 Å². The van der Waals surface area contributed by atoms with Gasteiger partial charge in [-0.3, -0.25) is 9.59 Å². The van der Waals surface area contributed by atoms with Crippen LogP contribution in [0.25, 0.3) is 6.08 Å². The minimum Gasteiger partial charge on any atom is -0.486 e. The quantitative estimate of drug-likeness (QED) is 0.260. The number of hydrogen-bond acceptors (Lipinski definition) is 4. The second-order valence-electron chi connectivity index (χ2n) is 7.55. The summed E-state index contributed by atoms with van der Waals surface area (Å²) in [5.41, 5.74) is 2.47. The maximum absolute atomic E-state index is 12.6. The number of ketones is 1. The summed E-state index contributed by atoms with van der Waals surface area (Å²) >= 11 is 5.87. The fourth-order valence-corrected chi connectivity index (χ4v) is 3.32. The first-order valence-electron chi connectivity index (χ1n) is 10.6. The Kier molecular flexibility index (Phi) is 7.20. The van der Waals surface area contributed by atoms with Gasteiger partial charge in [0.25, 0.3) is 5.91 Å². The van der Waals surface area contributed by atoms with E-state index in [1.165, 1.54) is 6.08 Å². The highest BCUT2D eigenvalue weighted by Gasteiger charge is 2.07. The summed E-state index contributed by atoms with van der Waals surface area (Å²) in [7, 11) is 1.91. The predicted molar refractivity (Wildman–Crippen MR) is 133 cm³/mol. The fourth-order valence-electron chi connectivity index (χ4n) is 3.19. The molecule has 0 saturated carbocycles. The lowest BCUT2D eigenvalue weighted by molar-refractivity contribution is 0.102. The lowest BCUT2D eigenvalue weighted by Gasteiger charge is -2.07. The van der Waals surface area contributed by atoms with Gasteiger partial charge in [0, 0.05) is 41.3 Å². The van der Waals surface area contributed by atoms with Crippen molar-refractivity contribution in [1.82, 2.24) is 9.55 Å². The van der Waals surface area contributed by atoms with E-state index in [0.29, 0.717) is 34.2 Å². The summed E-state index contributed by atoms with van der Waals surface area (Å²) in [6.07, 6.45) is 6.79. The van der Waals surface area contributed by atoms with Crippen LogP contribution in [0.5, 0.6) is 5.75 Å². The van der Waals surface area contributed by atoms with Crippen LogP contribution in [0.4, 0.5) is 5.69 Å². The number of nitrogens with one attached hydrogen (secondary N) is 1. The van der Waals surface area contributed by atoms with Gasteiger partial charge in [0.2, 0.25) is 0 Å². The van der Waals surface area contributed by atoms with Gasteiger partial charge >= 0.3 is 0 Å². The first-order valence-corrected chi connectivity index (χ1v) is 10.9. The second-order valence-corrected chi connectivity index (χ2v) is 7.99. The van der Waals surface area contributed by atoms with Crippen LogP contribution >= 0.6 is 11.6 Å². The van der Waals surface area contributed by atoms with E-state index in [-0.39, 0.29) is 11.7 Å². The zero-order chi connectivity index (χ0) is 23.9. The van der Waals surface area contributed by atoms with E-state index in [1.807, 2.05) is 29.9 Å². The summed E-state index contributed by atoms with van der Waals surface area (Å²) in [4.78, 5) is 29.2. The van der Waals surface area contributed by atoms with E-state index in [4.69, 9.17) is 16.3 Å². The standard InChI is InChI=1S/C27H22ClN3O3/c1-31-16-15-29-26(31)18-34-24-12-8-20(9-13-24)25(32)14-5-19-3-2-4-23(17-19)30-27(33)21-6-10-22(28)11-7-21/h2-17H,18H2,1H3,(H,30,33). The van der Waals surface area contributed by atoms with Crippen LogP contribution in [0.1, 0.15) is 32.1 Å². The number of ether oxygens (including phenoxy) is 1. The molecule has 0 unspecified atom stereocenters. The number of nitrogens with zero attached hydrogens (tertiary/aromatic N) is 2. The van der Waals surface area contributed by atoms with Crippen molar-refractivity contribution < 1.29 is 14.3 Å².